The summed E-state index contributed by atoms with van der Waals surface area (Å²) in [6.45, 7) is 26.2. The fourth-order valence-corrected chi connectivity index (χ4v) is 13.4. The van der Waals surface area contributed by atoms with E-state index in [4.69, 9.17) is 15.2 Å². The van der Waals surface area contributed by atoms with Gasteiger partial charge in [0.25, 0.3) is 0 Å². The van der Waals surface area contributed by atoms with Crippen molar-refractivity contribution in [2.75, 3.05) is 39.8 Å². The van der Waals surface area contributed by atoms with Crippen LogP contribution in [0.4, 0.5) is 9.59 Å². The first-order valence-corrected chi connectivity index (χ1v) is 38.6. The summed E-state index contributed by atoms with van der Waals surface area (Å²) in [4.78, 5) is 183. The zero-order valence-corrected chi connectivity index (χ0v) is 66.4. The van der Waals surface area contributed by atoms with Crippen molar-refractivity contribution in [3.63, 3.8) is 0 Å². The molecule has 31 heteroatoms. The van der Waals surface area contributed by atoms with Crippen molar-refractivity contribution in [1.82, 2.24) is 77.6 Å². The largest absolute Gasteiger partial charge is 0.444 e. The van der Waals surface area contributed by atoms with Crippen molar-refractivity contribution < 1.29 is 71.8 Å². The van der Waals surface area contributed by atoms with Gasteiger partial charge in [-0.1, -0.05) is 78.3 Å². The topological polar surface area (TPSA) is 426 Å². The molecule has 2 aromatic heterocycles. The minimum atomic E-state index is -1.59. The van der Waals surface area contributed by atoms with Gasteiger partial charge in [-0.25, -0.2) is 14.2 Å². The number of nitrogens with two attached hydrogens (primary N) is 1. The van der Waals surface area contributed by atoms with Gasteiger partial charge in [0, 0.05) is 89.2 Å². The van der Waals surface area contributed by atoms with E-state index in [0.717, 1.165) is 19.3 Å². The summed E-state index contributed by atoms with van der Waals surface area (Å²) in [5, 5.41) is 37.0. The molecule has 12 N–H and O–H groups in total. The molecule has 5 rings (SSSR count). The summed E-state index contributed by atoms with van der Waals surface area (Å²) in [5.41, 5.74) is 5.30. The van der Waals surface area contributed by atoms with Gasteiger partial charge in [-0.05, 0) is 167 Å². The van der Waals surface area contributed by atoms with Crippen molar-refractivity contribution in [1.29, 1.82) is 0 Å². The van der Waals surface area contributed by atoms with Crippen LogP contribution in [0.2, 0.25) is 0 Å². The number of carbonyl (C=O) groups is 13. The molecule has 2 aliphatic rings. The van der Waals surface area contributed by atoms with Gasteiger partial charge in [-0.2, -0.15) is 0 Å². The van der Waals surface area contributed by atoms with Crippen LogP contribution in [0.1, 0.15) is 217 Å². The molecule has 1 saturated heterocycles. The average molecular weight is 1510 g/mol. The van der Waals surface area contributed by atoms with Crippen molar-refractivity contribution in [2.24, 2.45) is 28.9 Å². The molecule has 0 bridgehead atoms. The number of amides is 10. The molecule has 2 fully saturated rings. The monoisotopic (exact) mass is 1510 g/mol. The van der Waals surface area contributed by atoms with Gasteiger partial charge in [0.15, 0.2) is 0 Å². The molecule has 602 valence electrons. The predicted molar refractivity (Wildman–Crippen MR) is 407 cm³/mol. The maximum absolute atomic E-state index is 15.5. The van der Waals surface area contributed by atoms with Gasteiger partial charge >= 0.3 is 12.2 Å². The van der Waals surface area contributed by atoms with Crippen molar-refractivity contribution >= 4 is 87.8 Å². The number of piperidine rings is 1. The number of unbranched alkanes of at least 4 members (excludes halogenated alkanes) is 3. The molecule has 1 aromatic carbocycles. The Morgan fingerprint density at radius 3 is 1.77 bits per heavy atom. The lowest BCUT2D eigenvalue weighted by atomic mass is 9.68. The molecule has 0 spiro atoms. The lowest BCUT2D eigenvalue weighted by Gasteiger charge is -2.36. The number of aromatic nitrogens is 4. The highest BCUT2D eigenvalue weighted by Gasteiger charge is 2.44. The van der Waals surface area contributed by atoms with E-state index >= 15 is 9.59 Å². The van der Waals surface area contributed by atoms with E-state index in [1.54, 1.807) is 102 Å². The van der Waals surface area contributed by atoms with Crippen LogP contribution in [0.15, 0.2) is 36.5 Å². The number of likely N-dealkylation sites (tertiary alicyclic amines) is 1. The minimum absolute atomic E-state index is 0.0201. The van der Waals surface area contributed by atoms with Gasteiger partial charge in [-0.3, -0.25) is 57.4 Å². The van der Waals surface area contributed by atoms with Crippen LogP contribution in [-0.2, 0) is 81.6 Å². The Morgan fingerprint density at radius 2 is 1.19 bits per heavy atom. The zero-order valence-electron chi connectivity index (χ0n) is 66.4. The third-order valence-corrected chi connectivity index (χ3v) is 18.7. The number of aryl methyl sites for hydroxylation is 1. The molecule has 1 aliphatic carbocycles. The van der Waals surface area contributed by atoms with E-state index in [1.165, 1.54) is 18.5 Å². The third kappa shape index (κ3) is 30.3. The summed E-state index contributed by atoms with van der Waals surface area (Å²) in [5.74, 6) is -7.38. The van der Waals surface area contributed by atoms with Crippen LogP contribution in [-0.4, -0.2) is 201 Å². The maximum Gasteiger partial charge on any atom is 0.419 e. The van der Waals surface area contributed by atoms with Gasteiger partial charge in [0.2, 0.25) is 53.2 Å². The SMILES string of the molecule is CCCC(NC(=O)C(CCCCn1cc(CC(N)C(=O)N2CCCCC2)nn1)NC(=O)C(NC(=O)C(CCCCNC(=O)OC(C)(C)C)NC(=O)C(Cc1cc2ccccc2n1C(=O)OC(C)(C)C)NC(=O)C(CCCCNC(CC(C)C)C1C(=O)CC(C)(C)CC1=O)NC(C)=O)C(C)C)C(=O)NCC(=O)NC. The fourth-order valence-electron chi connectivity index (χ4n) is 13.4. The number of nitrogens with zero attached hydrogens (tertiary/aromatic N) is 5. The fraction of sp³-hybridized carbons (Fsp3) is 0.701. The summed E-state index contributed by atoms with van der Waals surface area (Å²) in [7, 11) is 1.41. The number of rotatable bonds is 41. The second-order valence-corrected chi connectivity index (χ2v) is 32.3. The van der Waals surface area contributed by atoms with Crippen LogP contribution in [0, 0.1) is 23.2 Å². The summed E-state index contributed by atoms with van der Waals surface area (Å²) >= 11 is 0. The van der Waals surface area contributed by atoms with Gasteiger partial charge < -0.3 is 73.3 Å². The molecule has 8 atom stereocenters. The highest BCUT2D eigenvalue weighted by atomic mass is 16.6. The number of ketones is 2. The zero-order chi connectivity index (χ0) is 80.2. The van der Waals surface area contributed by atoms with Gasteiger partial charge in [0.05, 0.1) is 29.7 Å². The number of Topliss-reactive ketones (excluding diaryl/α,β-unsaturated/α-hetero) is 2. The number of likely N-dealkylation sites (N-methyl/N-ethyl adjacent to an activating group) is 1. The normalized spacial score (nSPS) is 16.4. The number of hydrogen-bond acceptors (Lipinski definition) is 19. The first kappa shape index (κ1) is 89.8. The Kier molecular flexibility index (Phi) is 35.5. The third-order valence-electron chi connectivity index (χ3n) is 18.7. The molecular weight excluding hydrogens is 1390 g/mol. The standard InChI is InChI=1S/C77H124N16O15/c1-16-28-54(66(98)82-45-63(97)79-15)84-68(100)56(32-22-27-38-92-46-51(89-90-92)41-53(78)72(104)91-36-25-17-26-37-91)86-71(103)65(48(4)5)88-69(101)57(31-21-24-35-81-73(105)107-75(7,8)9)85-70(102)59(42-52-40-50-29-18-19-33-60(50)93(52)74(106)108-76(10,11)12)87-67(99)55(83-49(6)94)30-20-23-34-80-58(39-47(2)3)64-61(95)43-77(13,14)44-62(64)96/h18-19,29,33,40,46-48,53-59,64-65,80H,16-17,20-28,30-32,34-39,41-45,78H2,1-15H3,(H,79,97)(H,81,105)(H,82,98)(H,83,94)(H,84,100)(H,85,102)(H,86,103)(H,87,99)(H,88,101). The Morgan fingerprint density at radius 1 is 0.648 bits per heavy atom. The minimum Gasteiger partial charge on any atom is -0.444 e. The Labute approximate surface area is 636 Å². The first-order valence-electron chi connectivity index (χ1n) is 38.6. The van der Waals surface area contributed by atoms with Crippen molar-refractivity contribution in [2.45, 2.75) is 285 Å². The number of para-hydroxylation sites is 1. The van der Waals surface area contributed by atoms with E-state index in [2.05, 4.69) is 63.5 Å². The lowest BCUT2D eigenvalue weighted by molar-refractivity contribution is -0.141. The Bertz CT molecular complexity index is 3530. The van der Waals surface area contributed by atoms with Crippen molar-refractivity contribution in [3.8, 4) is 0 Å². The molecule has 108 heavy (non-hydrogen) atoms. The van der Waals surface area contributed by atoms with E-state index in [1.807, 2.05) is 34.6 Å². The number of fused-ring (bicyclic) bond motifs is 1. The molecule has 1 aliphatic heterocycles. The van der Waals surface area contributed by atoms with Crippen LogP contribution >= 0.6 is 0 Å². The number of ether oxygens (including phenoxy) is 2. The lowest BCUT2D eigenvalue weighted by Crippen LogP contribution is -2.61. The second-order valence-electron chi connectivity index (χ2n) is 32.3. The molecule has 8 unspecified atom stereocenters. The summed E-state index contributed by atoms with van der Waals surface area (Å²) in [6.07, 6.45) is 6.64. The molecule has 3 heterocycles. The number of alkyl carbamates (subject to hydrolysis) is 1. The van der Waals surface area contributed by atoms with Gasteiger partial charge in [-0.15, -0.1) is 5.10 Å². The Hall–Kier alpha value is -8.87. The van der Waals surface area contributed by atoms with E-state index < -0.39 is 136 Å². The Balaban J connectivity index is 1.46. The van der Waals surface area contributed by atoms with E-state index in [0.29, 0.717) is 81.3 Å². The average Bonchev–Trinajstić information content (AvgIpc) is 1.59. The molecule has 10 amide bonds. The molecule has 1 saturated carbocycles. The highest BCUT2D eigenvalue weighted by molar-refractivity contribution is 6.06. The first-order chi connectivity index (χ1) is 50.8. The molecular formula is C77H124N16O15. The van der Waals surface area contributed by atoms with E-state index in [9.17, 15) is 52.7 Å². The second kappa shape index (κ2) is 42.8. The van der Waals surface area contributed by atoms with Gasteiger partial charge in [0.1, 0.15) is 59.0 Å². The summed E-state index contributed by atoms with van der Waals surface area (Å²) < 4.78 is 14.2. The van der Waals surface area contributed by atoms with E-state index in [-0.39, 0.29) is 106 Å². The maximum atomic E-state index is 15.5. The van der Waals surface area contributed by atoms with Crippen molar-refractivity contribution in [3.05, 3.63) is 47.9 Å². The molecule has 31 nitrogen and oxygen atoms in total. The number of hydrogen-bond donors (Lipinski definition) is 11. The quantitative estimate of drug-likeness (QED) is 0.0263. The number of carbonyl (C=O) groups excluding carboxylic acids is 13. The van der Waals surface area contributed by atoms with Crippen LogP contribution in [0.3, 0.4) is 0 Å². The number of nitrogens with one attached hydrogen (secondary N) is 10. The van der Waals surface area contributed by atoms with Crippen LogP contribution in [0.5, 0.6) is 0 Å². The summed E-state index contributed by atoms with van der Waals surface area (Å²) in [6, 6.07) is -0.692. The molecule has 3 aromatic rings. The highest BCUT2D eigenvalue weighted by Crippen LogP contribution is 2.36. The van der Waals surface area contributed by atoms with Crippen LogP contribution in [0.25, 0.3) is 10.9 Å². The smallest absolute Gasteiger partial charge is 0.419 e. The molecule has 0 radical (unpaired) electrons. The number of benzene rings is 1. The van der Waals surface area contributed by atoms with Crippen LogP contribution < -0.4 is 58.9 Å². The predicted octanol–water partition coefficient (Wildman–Crippen LogP) is 5.00.